The zero-order chi connectivity index (χ0) is 29.0. The highest BCUT2D eigenvalue weighted by atomic mass is 32.2. The lowest BCUT2D eigenvalue weighted by molar-refractivity contribution is -0.122. The van der Waals surface area contributed by atoms with Crippen molar-refractivity contribution in [3.63, 3.8) is 0 Å². The summed E-state index contributed by atoms with van der Waals surface area (Å²) in [4.78, 5) is 40.4. The molecule has 1 fully saturated rings. The number of pyridine rings is 2. The Bertz CT molecular complexity index is 1730. The van der Waals surface area contributed by atoms with E-state index < -0.39 is 10.0 Å². The van der Waals surface area contributed by atoms with Gasteiger partial charge in [-0.15, -0.1) is 0 Å². The Morgan fingerprint density at radius 1 is 1.15 bits per heavy atom. The van der Waals surface area contributed by atoms with Gasteiger partial charge in [0.15, 0.2) is 0 Å². The molecule has 1 amide bonds. The van der Waals surface area contributed by atoms with Crippen LogP contribution < -0.4 is 5.32 Å². The van der Waals surface area contributed by atoms with Crippen LogP contribution in [0, 0.1) is 0 Å². The molecule has 0 aliphatic carbocycles. The summed E-state index contributed by atoms with van der Waals surface area (Å²) in [7, 11) is -3.18. The number of carboxylic acid groups (broad SMARTS) is 1. The Morgan fingerprint density at radius 3 is 2.68 bits per heavy atom. The Labute approximate surface area is 236 Å². The monoisotopic (exact) mass is 575 g/mol. The number of aliphatic imine (C=N–C) groups is 1. The summed E-state index contributed by atoms with van der Waals surface area (Å²) in [5.74, 6) is -0.296. The molecule has 0 atom stereocenters. The van der Waals surface area contributed by atoms with Gasteiger partial charge >= 0.3 is 0 Å². The van der Waals surface area contributed by atoms with E-state index >= 15 is 0 Å². The third-order valence-corrected chi connectivity index (χ3v) is 8.30. The largest absolute Gasteiger partial charge is 0.483 e. The number of carbonyl (C=O) groups excluding carboxylic acids is 1. The predicted molar refractivity (Wildman–Crippen MR) is 155 cm³/mol. The lowest BCUT2D eigenvalue weighted by Crippen LogP contribution is -2.47. The van der Waals surface area contributed by atoms with Gasteiger partial charge in [0.25, 0.3) is 12.4 Å². The minimum Gasteiger partial charge on any atom is -0.483 e. The summed E-state index contributed by atoms with van der Waals surface area (Å²) >= 11 is 0. The molecule has 41 heavy (non-hydrogen) atoms. The molecule has 12 nitrogen and oxygen atoms in total. The highest BCUT2D eigenvalue weighted by molar-refractivity contribution is 7.88. The number of rotatable bonds is 6. The summed E-state index contributed by atoms with van der Waals surface area (Å²) in [5, 5.41) is 11.0. The highest BCUT2D eigenvalue weighted by Gasteiger charge is 2.24. The summed E-state index contributed by atoms with van der Waals surface area (Å²) < 4.78 is 25.0. The van der Waals surface area contributed by atoms with Crippen LogP contribution in [0.25, 0.3) is 22.2 Å². The molecule has 3 aromatic heterocycles. The van der Waals surface area contributed by atoms with Crippen molar-refractivity contribution >= 4 is 45.3 Å². The van der Waals surface area contributed by atoms with E-state index in [0.29, 0.717) is 50.6 Å². The van der Waals surface area contributed by atoms with Crippen molar-refractivity contribution in [3.05, 3.63) is 77.4 Å². The van der Waals surface area contributed by atoms with Gasteiger partial charge in [-0.25, -0.2) is 18.4 Å². The highest BCUT2D eigenvalue weighted by Crippen LogP contribution is 2.34. The molecule has 2 aliphatic rings. The van der Waals surface area contributed by atoms with E-state index in [0.717, 1.165) is 39.0 Å². The Hall–Kier alpha value is -4.46. The van der Waals surface area contributed by atoms with E-state index in [1.165, 1.54) is 10.6 Å². The van der Waals surface area contributed by atoms with Crippen molar-refractivity contribution in [3.8, 4) is 11.1 Å². The third-order valence-electron chi connectivity index (χ3n) is 6.99. The van der Waals surface area contributed by atoms with Gasteiger partial charge in [-0.3, -0.25) is 19.5 Å². The molecule has 6 rings (SSSR count). The number of hydrogen-bond donors (Lipinski definition) is 3. The Kier molecular flexibility index (Phi) is 8.19. The molecule has 0 radical (unpaired) electrons. The summed E-state index contributed by atoms with van der Waals surface area (Å²) in [6, 6.07) is 13.5. The number of hydrogen-bond acceptors (Lipinski definition) is 8. The van der Waals surface area contributed by atoms with Gasteiger partial charge in [0.1, 0.15) is 11.3 Å². The van der Waals surface area contributed by atoms with Gasteiger partial charge in [-0.1, -0.05) is 6.07 Å². The maximum absolute atomic E-state index is 13.3. The first kappa shape index (κ1) is 28.1. The second-order valence-corrected chi connectivity index (χ2v) is 11.7. The Morgan fingerprint density at radius 2 is 1.93 bits per heavy atom. The molecule has 212 valence electrons. The van der Waals surface area contributed by atoms with Crippen molar-refractivity contribution in [2.45, 2.75) is 13.1 Å². The van der Waals surface area contributed by atoms with Crippen LogP contribution in [-0.2, 0) is 27.9 Å². The molecule has 2 aliphatic heterocycles. The van der Waals surface area contributed by atoms with Crippen LogP contribution in [0.1, 0.15) is 27.3 Å². The van der Waals surface area contributed by atoms with Crippen molar-refractivity contribution in [2.24, 2.45) is 4.99 Å². The smallest absolute Gasteiger partial charge is 0.290 e. The SMILES string of the molecule is CS(=O)(=O)N1CCN(Cc2cccc(C(=O)Nc3cc(-c4ccnc5[nH]ccc45)cc4c3C=NC4)n2)CC1.O=CO. The van der Waals surface area contributed by atoms with Crippen LogP contribution in [0.2, 0.25) is 0 Å². The van der Waals surface area contributed by atoms with Crippen molar-refractivity contribution < 1.29 is 23.1 Å². The summed E-state index contributed by atoms with van der Waals surface area (Å²) in [5.41, 5.74) is 6.54. The quantitative estimate of drug-likeness (QED) is 0.296. The fourth-order valence-corrected chi connectivity index (χ4v) is 5.86. The molecule has 4 aromatic rings. The van der Waals surface area contributed by atoms with E-state index in [-0.39, 0.29) is 12.4 Å². The number of anilines is 1. The van der Waals surface area contributed by atoms with Crippen molar-refractivity contribution in [2.75, 3.05) is 37.8 Å². The van der Waals surface area contributed by atoms with Gasteiger partial charge < -0.3 is 15.4 Å². The number of fused-ring (bicyclic) bond motifs is 2. The molecule has 0 bridgehead atoms. The average molecular weight is 576 g/mol. The van der Waals surface area contributed by atoms with Gasteiger partial charge in [-0.05, 0) is 53.1 Å². The zero-order valence-electron chi connectivity index (χ0n) is 22.3. The number of nitrogens with zero attached hydrogens (tertiary/aromatic N) is 5. The van der Waals surface area contributed by atoms with Crippen LogP contribution in [-0.4, -0.2) is 88.7 Å². The summed E-state index contributed by atoms with van der Waals surface area (Å²) in [6.45, 7) is 3.00. The van der Waals surface area contributed by atoms with Crippen molar-refractivity contribution in [1.82, 2.24) is 24.2 Å². The number of H-pyrrole nitrogens is 1. The fourth-order valence-electron chi connectivity index (χ4n) is 5.03. The molecule has 1 saturated heterocycles. The van der Waals surface area contributed by atoms with Gasteiger partial charge in [0, 0.05) is 62.3 Å². The maximum atomic E-state index is 13.3. The molecule has 0 spiro atoms. The lowest BCUT2D eigenvalue weighted by Gasteiger charge is -2.32. The minimum atomic E-state index is -3.18. The molecule has 13 heteroatoms. The molecule has 5 heterocycles. The first-order valence-electron chi connectivity index (χ1n) is 12.9. The molecule has 1 aromatic carbocycles. The number of aromatic amines is 1. The van der Waals surface area contributed by atoms with Gasteiger partial charge in [0.05, 0.1) is 24.2 Å². The minimum absolute atomic E-state index is 0.250. The number of sulfonamides is 1. The van der Waals surface area contributed by atoms with Crippen LogP contribution >= 0.6 is 0 Å². The predicted octanol–water partition coefficient (Wildman–Crippen LogP) is 2.59. The molecule has 0 unspecified atom stereocenters. The summed E-state index contributed by atoms with van der Waals surface area (Å²) in [6.07, 6.45) is 6.67. The molecular formula is C28H29N7O5S. The topological polar surface area (TPSA) is 161 Å². The third kappa shape index (κ3) is 6.32. The van der Waals surface area contributed by atoms with Crippen LogP contribution in [0.3, 0.4) is 0 Å². The first-order chi connectivity index (χ1) is 19.8. The van der Waals surface area contributed by atoms with Crippen LogP contribution in [0.5, 0.6) is 0 Å². The molecule has 0 saturated carbocycles. The number of carbonyl (C=O) groups is 2. The number of nitrogens with one attached hydrogen (secondary N) is 2. The van der Waals surface area contributed by atoms with E-state index in [1.807, 2.05) is 36.5 Å². The van der Waals surface area contributed by atoms with Crippen LogP contribution in [0.4, 0.5) is 5.69 Å². The zero-order valence-corrected chi connectivity index (χ0v) is 23.1. The van der Waals surface area contributed by atoms with Gasteiger partial charge in [-0.2, -0.15) is 4.31 Å². The molecule has 3 N–H and O–H groups in total. The number of amides is 1. The van der Waals surface area contributed by atoms with E-state index in [2.05, 4.69) is 36.2 Å². The standard InChI is InChI=1S/C27H27N7O3S.CH2O2/c1-38(36,37)34-11-9-33(10-12-34)17-20-3-2-4-24(31-20)27(35)32-25-14-18(13-19-15-28-16-23(19)25)21-5-7-29-26-22(21)6-8-30-26;2-1-3/h2-8,13-14,16H,9-12,15,17H2,1H3,(H,29,30)(H,32,35);1H,(H,2,3). The number of piperazine rings is 1. The van der Waals surface area contributed by atoms with E-state index in [4.69, 9.17) is 9.90 Å². The normalized spacial score (nSPS) is 15.2. The van der Waals surface area contributed by atoms with Crippen LogP contribution in [0.15, 0.2) is 59.9 Å². The van der Waals surface area contributed by atoms with Crippen molar-refractivity contribution in [1.29, 1.82) is 0 Å². The average Bonchev–Trinajstić information content (AvgIpc) is 3.63. The van der Waals surface area contributed by atoms with E-state index in [9.17, 15) is 13.2 Å². The fraction of sp³-hybridized carbons (Fsp3) is 0.250. The Balaban J connectivity index is 0.00000108. The second-order valence-electron chi connectivity index (χ2n) is 9.68. The van der Waals surface area contributed by atoms with Gasteiger partial charge in [0.2, 0.25) is 10.0 Å². The second kappa shape index (κ2) is 12.0. The molecular weight excluding hydrogens is 546 g/mol. The van der Waals surface area contributed by atoms with E-state index in [1.54, 1.807) is 18.5 Å². The number of benzene rings is 1. The maximum Gasteiger partial charge on any atom is 0.290 e. The number of aromatic nitrogens is 3. The first-order valence-corrected chi connectivity index (χ1v) is 14.7. The lowest BCUT2D eigenvalue weighted by atomic mass is 9.97.